The summed E-state index contributed by atoms with van der Waals surface area (Å²) in [4.78, 5) is 9.40. The van der Waals surface area contributed by atoms with Gasteiger partial charge in [-0.15, -0.1) is 52.7 Å². The van der Waals surface area contributed by atoms with E-state index in [-0.39, 0.29) is 32.0 Å². The van der Waals surface area contributed by atoms with E-state index in [2.05, 4.69) is 160 Å². The molecular formula is C44H37N4OPtS-3. The summed E-state index contributed by atoms with van der Waals surface area (Å²) in [5.74, 6) is 2.11. The van der Waals surface area contributed by atoms with Crippen molar-refractivity contribution in [3.05, 3.63) is 134 Å². The molecule has 0 atom stereocenters. The van der Waals surface area contributed by atoms with Gasteiger partial charge in [0.25, 0.3) is 0 Å². The first-order chi connectivity index (χ1) is 24.0. The zero-order chi connectivity index (χ0) is 34.4. The molecule has 0 fully saturated rings. The van der Waals surface area contributed by atoms with E-state index in [1.807, 2.05) is 35.7 Å². The second-order valence-electron chi connectivity index (χ2n) is 15.0. The molecule has 4 heterocycles. The van der Waals surface area contributed by atoms with Crippen LogP contribution < -0.4 is 14.5 Å². The molecule has 5 nitrogen and oxygen atoms in total. The average molecular weight is 865 g/mol. The number of aromatic nitrogens is 2. The number of ether oxygens (including phenoxy) is 1. The SMILES string of the molecule is CC(C)(C)c1ccnc(-n2c3[c-]c(Oc4[c-]c(N5[CH-]N(C(C)(C)C)c6ccccc65)ccc4)ccc3c3c4sc5ccccc5c4ccc32)c1.[Pt]. The van der Waals surface area contributed by atoms with Crippen LogP contribution in [0.5, 0.6) is 11.5 Å². The molecule has 0 bridgehead atoms. The number of rotatable bonds is 4. The summed E-state index contributed by atoms with van der Waals surface area (Å²) < 4.78 is 11.4. The molecule has 0 N–H and O–H groups in total. The van der Waals surface area contributed by atoms with Gasteiger partial charge in [0.2, 0.25) is 0 Å². The minimum absolute atomic E-state index is 0. The maximum absolute atomic E-state index is 6.57. The quantitative estimate of drug-likeness (QED) is 0.165. The average Bonchev–Trinajstić information content (AvgIpc) is 3.78. The fraction of sp³-hybridized carbons (Fsp3) is 0.182. The number of hydrogen-bond acceptors (Lipinski definition) is 5. The van der Waals surface area contributed by atoms with Crippen LogP contribution in [0.25, 0.3) is 47.8 Å². The smallest absolute Gasteiger partial charge is 0.135 e. The van der Waals surface area contributed by atoms with E-state index in [1.165, 1.54) is 36.8 Å². The number of fused-ring (bicyclic) bond motifs is 8. The third-order valence-electron chi connectivity index (χ3n) is 9.58. The summed E-state index contributed by atoms with van der Waals surface area (Å²) in [5.41, 5.74) is 6.35. The Bertz CT molecular complexity index is 2610. The van der Waals surface area contributed by atoms with E-state index in [1.54, 1.807) is 0 Å². The van der Waals surface area contributed by atoms with E-state index >= 15 is 0 Å². The van der Waals surface area contributed by atoms with Crippen molar-refractivity contribution in [3.63, 3.8) is 0 Å². The molecule has 3 aromatic heterocycles. The second-order valence-corrected chi connectivity index (χ2v) is 16.1. The van der Waals surface area contributed by atoms with Gasteiger partial charge in [-0.1, -0.05) is 62.7 Å². The fourth-order valence-electron chi connectivity index (χ4n) is 7.08. The predicted molar refractivity (Wildman–Crippen MR) is 209 cm³/mol. The molecule has 0 aliphatic carbocycles. The summed E-state index contributed by atoms with van der Waals surface area (Å²) in [6.07, 6.45) is 1.92. The Morgan fingerprint density at radius 2 is 1.47 bits per heavy atom. The van der Waals surface area contributed by atoms with Gasteiger partial charge in [0, 0.05) is 81.4 Å². The molecule has 1 aliphatic rings. The van der Waals surface area contributed by atoms with Crippen molar-refractivity contribution in [2.24, 2.45) is 0 Å². The van der Waals surface area contributed by atoms with Gasteiger partial charge in [0.1, 0.15) is 5.82 Å². The van der Waals surface area contributed by atoms with Crippen LogP contribution >= 0.6 is 11.3 Å². The maximum Gasteiger partial charge on any atom is 0.135 e. The topological polar surface area (TPSA) is 33.5 Å². The maximum atomic E-state index is 6.57. The molecule has 7 heteroatoms. The van der Waals surface area contributed by atoms with Crippen LogP contribution in [0.15, 0.2) is 109 Å². The van der Waals surface area contributed by atoms with Gasteiger partial charge < -0.3 is 19.1 Å². The number of anilines is 3. The molecule has 1 aliphatic heterocycles. The molecule has 258 valence electrons. The predicted octanol–water partition coefficient (Wildman–Crippen LogP) is 12.1. The van der Waals surface area contributed by atoms with Gasteiger partial charge in [-0.05, 0) is 73.5 Å². The summed E-state index contributed by atoms with van der Waals surface area (Å²) >= 11 is 1.84. The minimum atomic E-state index is -0.0789. The van der Waals surface area contributed by atoms with E-state index in [0.29, 0.717) is 11.5 Å². The zero-order valence-electron chi connectivity index (χ0n) is 29.4. The first-order valence-electron chi connectivity index (χ1n) is 17.0. The standard InChI is InChI=1S/C44H37N4OS.Pt/c1-43(2,3)28-22-23-45-40(24-28)48-37-21-20-33-32-14-7-10-17-39(32)50-42(33)41(37)34-19-18-31(26-38(34)48)49-30-13-11-12-29(25-30)46-27-47(44(4,5)6)36-16-9-8-15-35(36)46;/h7-24,27H,1-6H3;/q-3;. The molecule has 9 rings (SSSR count). The Morgan fingerprint density at radius 1 is 0.725 bits per heavy atom. The van der Waals surface area contributed by atoms with Crippen LogP contribution in [0.4, 0.5) is 17.1 Å². The molecule has 51 heavy (non-hydrogen) atoms. The normalized spacial score (nSPS) is 13.4. The Labute approximate surface area is 317 Å². The number of thiophene rings is 1. The van der Waals surface area contributed by atoms with Crippen molar-refractivity contribution in [1.29, 1.82) is 0 Å². The summed E-state index contributed by atoms with van der Waals surface area (Å²) in [7, 11) is 0. The van der Waals surface area contributed by atoms with E-state index in [0.717, 1.165) is 33.6 Å². The molecule has 0 amide bonds. The van der Waals surface area contributed by atoms with Crippen LogP contribution in [-0.4, -0.2) is 15.1 Å². The van der Waals surface area contributed by atoms with E-state index < -0.39 is 0 Å². The van der Waals surface area contributed by atoms with E-state index in [4.69, 9.17) is 9.72 Å². The third kappa shape index (κ3) is 5.60. The van der Waals surface area contributed by atoms with Gasteiger partial charge >= 0.3 is 0 Å². The van der Waals surface area contributed by atoms with Crippen LogP contribution in [0.3, 0.4) is 0 Å². The second kappa shape index (κ2) is 12.2. The van der Waals surface area contributed by atoms with Gasteiger partial charge in [0.05, 0.1) is 0 Å². The van der Waals surface area contributed by atoms with Crippen molar-refractivity contribution in [2.75, 3.05) is 9.80 Å². The summed E-state index contributed by atoms with van der Waals surface area (Å²) in [6.45, 7) is 15.5. The zero-order valence-corrected chi connectivity index (χ0v) is 32.5. The Balaban J connectivity index is 0.00000374. The van der Waals surface area contributed by atoms with Crippen molar-refractivity contribution in [2.45, 2.75) is 52.5 Å². The first-order valence-corrected chi connectivity index (χ1v) is 17.9. The van der Waals surface area contributed by atoms with Crippen molar-refractivity contribution in [1.82, 2.24) is 9.55 Å². The Hall–Kier alpha value is -4.64. The molecule has 0 unspecified atom stereocenters. The number of hydrogen-bond donors (Lipinski definition) is 0. The van der Waals surface area contributed by atoms with Gasteiger partial charge in [-0.2, -0.15) is 18.8 Å². The van der Waals surface area contributed by atoms with Crippen molar-refractivity contribution >= 4 is 70.4 Å². The van der Waals surface area contributed by atoms with Gasteiger partial charge in [0.15, 0.2) is 0 Å². The molecule has 0 saturated heterocycles. The summed E-state index contributed by atoms with van der Waals surface area (Å²) in [5, 5.41) is 4.89. The Kier molecular flexibility index (Phi) is 8.05. The van der Waals surface area contributed by atoms with Crippen LogP contribution in [-0.2, 0) is 26.5 Å². The number of nitrogens with zero attached hydrogens (tertiary/aromatic N) is 4. The van der Waals surface area contributed by atoms with Crippen LogP contribution in [0, 0.1) is 18.8 Å². The van der Waals surface area contributed by atoms with Crippen LogP contribution in [0.2, 0.25) is 0 Å². The largest absolute Gasteiger partial charge is 0.509 e. The fourth-order valence-corrected chi connectivity index (χ4v) is 8.34. The van der Waals surface area contributed by atoms with Crippen LogP contribution in [0.1, 0.15) is 47.1 Å². The summed E-state index contributed by atoms with van der Waals surface area (Å²) in [6, 6.07) is 43.4. The van der Waals surface area contributed by atoms with Gasteiger partial charge in [-0.25, -0.2) is 4.98 Å². The molecule has 0 saturated carbocycles. The minimum Gasteiger partial charge on any atom is -0.509 e. The molecule has 0 spiro atoms. The molecule has 5 aromatic carbocycles. The Morgan fingerprint density at radius 3 is 2.27 bits per heavy atom. The monoisotopic (exact) mass is 864 g/mol. The van der Waals surface area contributed by atoms with Crippen molar-refractivity contribution in [3.8, 4) is 17.3 Å². The number of benzene rings is 5. The van der Waals surface area contributed by atoms with Gasteiger partial charge in [-0.3, -0.25) is 0 Å². The molecule has 8 aromatic rings. The number of para-hydroxylation sites is 2. The molecule has 0 radical (unpaired) electrons. The first kappa shape index (κ1) is 33.5. The van der Waals surface area contributed by atoms with E-state index in [9.17, 15) is 0 Å². The van der Waals surface area contributed by atoms with Crippen molar-refractivity contribution < 1.29 is 25.8 Å². The molecular weight excluding hydrogens is 828 g/mol. The number of pyridine rings is 1. The third-order valence-corrected chi connectivity index (χ3v) is 10.8.